The molecule has 8 heteroatoms. The van der Waals surface area contributed by atoms with Crippen LogP contribution in [0.5, 0.6) is 0 Å². The van der Waals surface area contributed by atoms with Crippen LogP contribution >= 0.6 is 0 Å². The van der Waals surface area contributed by atoms with Gasteiger partial charge in [-0.05, 0) is 36.3 Å². The third kappa shape index (κ3) is 5.63. The molecular weight excluding hydrogens is 566 g/mol. The predicted molar refractivity (Wildman–Crippen MR) is 174 cm³/mol. The van der Waals surface area contributed by atoms with E-state index in [-0.39, 0.29) is 36.8 Å². The Kier molecular flexibility index (Phi) is 9.65. The molecule has 45 heavy (non-hydrogen) atoms. The second kappa shape index (κ2) is 13.3. The first-order valence-electron chi connectivity index (χ1n) is 16.2. The summed E-state index contributed by atoms with van der Waals surface area (Å²) in [5, 5.41) is 10.6. The van der Waals surface area contributed by atoms with Gasteiger partial charge in [0.1, 0.15) is 11.6 Å². The van der Waals surface area contributed by atoms with E-state index in [1.165, 1.54) is 0 Å². The molecule has 240 valence electrons. The SMILES string of the molecule is C=CCN(Cc1ccccc1)C(=O)C1N([C@@H](CO)C(C)C)C(=O)[C@@H]2[C@H](C(=O)N(CC=C)Cc3ccccc3)[C@]3(CC)CCC12O3. The molecule has 1 spiro atoms. The molecule has 2 unspecified atom stereocenters. The van der Waals surface area contributed by atoms with Crippen LogP contribution in [-0.2, 0) is 32.2 Å². The number of aliphatic hydroxyl groups excluding tert-OH is 1. The molecule has 0 radical (unpaired) electrons. The number of carbonyl (C=O) groups is 3. The van der Waals surface area contributed by atoms with Crippen molar-refractivity contribution < 1.29 is 24.2 Å². The number of nitrogens with zero attached hydrogens (tertiary/aromatic N) is 3. The highest BCUT2D eigenvalue weighted by molar-refractivity contribution is 5.99. The van der Waals surface area contributed by atoms with Crippen LogP contribution in [0, 0.1) is 17.8 Å². The van der Waals surface area contributed by atoms with Gasteiger partial charge in [0, 0.05) is 26.2 Å². The number of hydrogen-bond acceptors (Lipinski definition) is 5. The van der Waals surface area contributed by atoms with Crippen LogP contribution in [0.2, 0.25) is 0 Å². The van der Waals surface area contributed by atoms with Crippen molar-refractivity contribution >= 4 is 17.7 Å². The average molecular weight is 614 g/mol. The summed E-state index contributed by atoms with van der Waals surface area (Å²) in [5.74, 6) is -2.43. The zero-order valence-corrected chi connectivity index (χ0v) is 26.8. The Labute approximate surface area is 267 Å². The zero-order valence-electron chi connectivity index (χ0n) is 26.8. The number of carbonyl (C=O) groups excluding carboxylic acids is 3. The first-order valence-corrected chi connectivity index (χ1v) is 16.2. The van der Waals surface area contributed by atoms with E-state index in [9.17, 15) is 19.5 Å². The lowest BCUT2D eigenvalue weighted by Crippen LogP contribution is -2.59. The van der Waals surface area contributed by atoms with Crippen molar-refractivity contribution in [2.45, 2.75) is 76.4 Å². The Bertz CT molecular complexity index is 1400. The number of fused-ring (bicyclic) bond motifs is 1. The van der Waals surface area contributed by atoms with Crippen LogP contribution in [0.25, 0.3) is 0 Å². The number of aliphatic hydroxyl groups is 1. The number of rotatable bonds is 14. The average Bonchev–Trinajstić information content (AvgIpc) is 3.65. The molecular formula is C37H47N3O5. The molecule has 0 aromatic heterocycles. The van der Waals surface area contributed by atoms with Gasteiger partial charge in [0.15, 0.2) is 0 Å². The summed E-state index contributed by atoms with van der Waals surface area (Å²) in [7, 11) is 0. The first-order chi connectivity index (χ1) is 21.7. The minimum Gasteiger partial charge on any atom is -0.394 e. The molecule has 5 rings (SSSR count). The van der Waals surface area contributed by atoms with Crippen LogP contribution in [-0.4, -0.2) is 80.5 Å². The quantitative estimate of drug-likeness (QED) is 0.315. The zero-order chi connectivity index (χ0) is 32.4. The number of likely N-dealkylation sites (tertiary alicyclic amines) is 1. The summed E-state index contributed by atoms with van der Waals surface area (Å²) in [5.41, 5.74) is -0.121. The molecule has 0 aliphatic carbocycles. The van der Waals surface area contributed by atoms with Crippen LogP contribution in [0.3, 0.4) is 0 Å². The molecule has 0 saturated carbocycles. The van der Waals surface area contributed by atoms with E-state index < -0.39 is 35.1 Å². The maximum absolute atomic E-state index is 14.8. The fourth-order valence-electron chi connectivity index (χ4n) is 8.04. The van der Waals surface area contributed by atoms with Crippen LogP contribution < -0.4 is 0 Å². The van der Waals surface area contributed by atoms with Gasteiger partial charge < -0.3 is 24.5 Å². The van der Waals surface area contributed by atoms with Gasteiger partial charge in [0.2, 0.25) is 17.7 Å². The monoisotopic (exact) mass is 613 g/mol. The third-order valence-corrected chi connectivity index (χ3v) is 10.2. The van der Waals surface area contributed by atoms with Crippen molar-refractivity contribution in [3.8, 4) is 0 Å². The Morgan fingerprint density at radius 1 is 0.956 bits per heavy atom. The minimum atomic E-state index is -1.19. The van der Waals surface area contributed by atoms with E-state index in [2.05, 4.69) is 13.2 Å². The molecule has 1 N–H and O–H groups in total. The van der Waals surface area contributed by atoms with Gasteiger partial charge in [-0.2, -0.15) is 0 Å². The summed E-state index contributed by atoms with van der Waals surface area (Å²) in [6.07, 6.45) is 4.98. The lowest BCUT2D eigenvalue weighted by atomic mass is 9.64. The lowest BCUT2D eigenvalue weighted by molar-refractivity contribution is -0.159. The van der Waals surface area contributed by atoms with E-state index in [0.29, 0.717) is 38.9 Å². The molecule has 2 bridgehead atoms. The van der Waals surface area contributed by atoms with E-state index in [1.807, 2.05) is 81.4 Å². The van der Waals surface area contributed by atoms with Crippen molar-refractivity contribution in [1.82, 2.24) is 14.7 Å². The van der Waals surface area contributed by atoms with Gasteiger partial charge in [0.05, 0.1) is 30.1 Å². The summed E-state index contributed by atoms with van der Waals surface area (Å²) in [6, 6.07) is 17.9. The van der Waals surface area contributed by atoms with Gasteiger partial charge >= 0.3 is 0 Å². The molecule has 8 nitrogen and oxygen atoms in total. The highest BCUT2D eigenvalue weighted by atomic mass is 16.5. The molecule has 3 aliphatic rings. The maximum Gasteiger partial charge on any atom is 0.249 e. The molecule has 3 amide bonds. The molecule has 3 saturated heterocycles. The van der Waals surface area contributed by atoms with Crippen LogP contribution in [0.15, 0.2) is 86.0 Å². The van der Waals surface area contributed by atoms with E-state index in [0.717, 1.165) is 11.1 Å². The predicted octanol–water partition coefficient (Wildman–Crippen LogP) is 4.59. The summed E-state index contributed by atoms with van der Waals surface area (Å²) >= 11 is 0. The minimum absolute atomic E-state index is 0.131. The summed E-state index contributed by atoms with van der Waals surface area (Å²) in [6.45, 7) is 14.7. The molecule has 2 aromatic carbocycles. The Hall–Kier alpha value is -3.75. The number of benzene rings is 2. The molecule has 3 aliphatic heterocycles. The van der Waals surface area contributed by atoms with Crippen molar-refractivity contribution in [2.24, 2.45) is 17.8 Å². The normalized spacial score (nSPS) is 27.4. The molecule has 3 heterocycles. The second-order valence-electron chi connectivity index (χ2n) is 13.1. The molecule has 3 fully saturated rings. The number of hydrogen-bond donors (Lipinski definition) is 1. The Morgan fingerprint density at radius 2 is 1.49 bits per heavy atom. The highest BCUT2D eigenvalue weighted by Gasteiger charge is 2.79. The molecule has 2 aromatic rings. The van der Waals surface area contributed by atoms with Crippen LogP contribution in [0.4, 0.5) is 0 Å². The summed E-state index contributed by atoms with van der Waals surface area (Å²) < 4.78 is 7.03. The number of ether oxygens (including phenoxy) is 1. The van der Waals surface area contributed by atoms with Crippen molar-refractivity contribution in [3.05, 3.63) is 97.1 Å². The van der Waals surface area contributed by atoms with Crippen LogP contribution in [0.1, 0.15) is 51.2 Å². The van der Waals surface area contributed by atoms with Gasteiger partial charge in [-0.3, -0.25) is 14.4 Å². The van der Waals surface area contributed by atoms with E-state index in [1.54, 1.807) is 26.9 Å². The van der Waals surface area contributed by atoms with Gasteiger partial charge in [-0.25, -0.2) is 0 Å². The van der Waals surface area contributed by atoms with Gasteiger partial charge in [-0.15, -0.1) is 13.2 Å². The fraction of sp³-hybridized carbons (Fsp3) is 0.486. The second-order valence-corrected chi connectivity index (χ2v) is 13.1. The first kappa shape index (κ1) is 32.6. The summed E-state index contributed by atoms with van der Waals surface area (Å²) in [4.78, 5) is 49.3. The third-order valence-electron chi connectivity index (χ3n) is 10.2. The van der Waals surface area contributed by atoms with E-state index >= 15 is 0 Å². The lowest BCUT2D eigenvalue weighted by Gasteiger charge is -2.40. The largest absolute Gasteiger partial charge is 0.394 e. The smallest absolute Gasteiger partial charge is 0.249 e. The van der Waals surface area contributed by atoms with Crippen molar-refractivity contribution in [1.29, 1.82) is 0 Å². The molecule has 6 atom stereocenters. The fourth-order valence-corrected chi connectivity index (χ4v) is 8.04. The van der Waals surface area contributed by atoms with E-state index in [4.69, 9.17) is 4.74 Å². The van der Waals surface area contributed by atoms with Gasteiger partial charge in [-0.1, -0.05) is 93.6 Å². The number of amides is 3. The van der Waals surface area contributed by atoms with Gasteiger partial charge in [0.25, 0.3) is 0 Å². The highest BCUT2D eigenvalue weighted by Crippen LogP contribution is 2.65. The maximum atomic E-state index is 14.8. The standard InChI is InChI=1S/C37H47N3O5/c1-6-21-38(23-27-15-11-9-12-16-27)33(42)30-31-34(43)40(29(25-41)26(4)5)32(37(31)20-19-36(30,8-3)45-37)35(44)39(22-7-2)24-28-17-13-10-14-18-28/h6-7,9-18,26,29-32,41H,1-2,8,19-25H2,3-5H3/t29-,30+,31-,32?,36-,37?/m0/s1. The Morgan fingerprint density at radius 3 is 1.96 bits per heavy atom. The van der Waals surface area contributed by atoms with Crippen molar-refractivity contribution in [2.75, 3.05) is 19.7 Å². The van der Waals surface area contributed by atoms with Crippen molar-refractivity contribution in [3.63, 3.8) is 0 Å². The Balaban J connectivity index is 1.59. The topological polar surface area (TPSA) is 90.4 Å².